The third-order valence-electron chi connectivity index (χ3n) is 1.34. The van der Waals surface area contributed by atoms with E-state index in [1.807, 2.05) is 0 Å². The number of nitro benzene ring substituents is 1. The third-order valence-corrected chi connectivity index (χ3v) is 1.34. The molecule has 0 bridgehead atoms. The lowest BCUT2D eigenvalue weighted by Gasteiger charge is -1.94. The largest absolute Gasteiger partial charge is 0.287 e. The van der Waals surface area contributed by atoms with Crippen molar-refractivity contribution in [1.82, 2.24) is 0 Å². The molecule has 0 saturated carbocycles. The molecule has 0 fully saturated rings. The van der Waals surface area contributed by atoms with E-state index in [0.29, 0.717) is 5.56 Å². The second-order valence-electron chi connectivity index (χ2n) is 2.15. The van der Waals surface area contributed by atoms with Gasteiger partial charge in [0.1, 0.15) is 11.6 Å². The summed E-state index contributed by atoms with van der Waals surface area (Å²) in [6.07, 6.45) is 0. The number of hydrogen-bond acceptors (Lipinski definition) is 3. The number of benzene rings is 1. The summed E-state index contributed by atoms with van der Waals surface area (Å²) in [6.45, 7) is 5.33. The molecule has 0 heterocycles. The van der Waals surface area contributed by atoms with E-state index in [1.165, 1.54) is 18.2 Å². The van der Waals surface area contributed by atoms with Crippen molar-refractivity contribution in [2.24, 2.45) is 0 Å². The topological polar surface area (TPSA) is 66.9 Å². The first kappa shape index (κ1) is 8.21. The van der Waals surface area contributed by atoms with Gasteiger partial charge in [-0.2, -0.15) is 5.26 Å². The van der Waals surface area contributed by atoms with Gasteiger partial charge in [0.25, 0.3) is 5.69 Å². The van der Waals surface area contributed by atoms with Crippen LogP contribution in [0, 0.1) is 28.4 Å². The molecule has 0 saturated heterocycles. The van der Waals surface area contributed by atoms with Gasteiger partial charge in [-0.25, -0.2) is 0 Å². The van der Waals surface area contributed by atoms with Crippen LogP contribution in [-0.4, -0.2) is 4.92 Å². The van der Waals surface area contributed by atoms with Crippen molar-refractivity contribution in [2.45, 2.75) is 0 Å². The van der Waals surface area contributed by atoms with Crippen LogP contribution in [0.4, 0.5) is 5.69 Å². The van der Waals surface area contributed by atoms with E-state index in [4.69, 9.17) is 12.2 Å². The summed E-state index contributed by atoms with van der Waals surface area (Å²) in [5.74, 6) is 0. The van der Waals surface area contributed by atoms with Gasteiger partial charge in [-0.3, -0.25) is 10.1 Å². The van der Waals surface area contributed by atoms with Crippen molar-refractivity contribution in [3.05, 3.63) is 46.4 Å². The average molecular weight is 160 g/mol. The molecular weight excluding hydrogens is 156 g/mol. The molecule has 4 heteroatoms. The van der Waals surface area contributed by atoms with Gasteiger partial charge in [-0.1, -0.05) is 6.07 Å². The van der Waals surface area contributed by atoms with E-state index in [9.17, 15) is 10.1 Å². The molecule has 0 aliphatic heterocycles. The fourth-order valence-electron chi connectivity index (χ4n) is 0.802. The Morgan fingerprint density at radius 2 is 2.25 bits per heavy atom. The fourth-order valence-corrected chi connectivity index (χ4v) is 0.802. The van der Waals surface area contributed by atoms with Crippen LogP contribution in [0.1, 0.15) is 11.1 Å². The molecule has 4 nitrogen and oxygen atoms in total. The summed E-state index contributed by atoms with van der Waals surface area (Å²) in [5.41, 5.74) is 0.115. The zero-order chi connectivity index (χ0) is 9.14. The Bertz CT molecular complexity index is 366. The van der Waals surface area contributed by atoms with Crippen molar-refractivity contribution in [2.75, 3.05) is 0 Å². The fraction of sp³-hybridized carbons (Fsp3) is 0. The first-order valence-electron chi connectivity index (χ1n) is 3.09. The minimum Gasteiger partial charge on any atom is -0.258 e. The lowest BCUT2D eigenvalue weighted by Crippen LogP contribution is -1.92. The minimum absolute atomic E-state index is 0.0139. The van der Waals surface area contributed by atoms with E-state index in [2.05, 4.69) is 0 Å². The van der Waals surface area contributed by atoms with Crippen LogP contribution >= 0.6 is 0 Å². The summed E-state index contributed by atoms with van der Waals surface area (Å²) < 4.78 is 0. The Hall–Kier alpha value is -1.89. The van der Waals surface area contributed by atoms with E-state index in [-0.39, 0.29) is 11.3 Å². The minimum atomic E-state index is -0.613. The van der Waals surface area contributed by atoms with Crippen LogP contribution in [0.25, 0.3) is 0 Å². The van der Waals surface area contributed by atoms with Crippen LogP contribution in [0.2, 0.25) is 0 Å². The van der Waals surface area contributed by atoms with Crippen molar-refractivity contribution < 1.29 is 4.92 Å². The van der Waals surface area contributed by atoms with Gasteiger partial charge in [-0.15, -0.1) is 0 Å². The first-order chi connectivity index (χ1) is 5.65. The normalized spacial score (nSPS) is 9.00. The number of nitro groups is 1. The number of rotatable bonds is 1. The summed E-state index contributed by atoms with van der Waals surface area (Å²) in [6, 6.07) is 5.58. The summed E-state index contributed by atoms with van der Waals surface area (Å²) in [4.78, 5) is 9.69. The van der Waals surface area contributed by atoms with Gasteiger partial charge in [0.2, 0.25) is 0 Å². The zero-order valence-corrected chi connectivity index (χ0v) is 6.02. The van der Waals surface area contributed by atoms with E-state index in [1.54, 1.807) is 6.07 Å². The standard InChI is InChI=1S/C8H4N2O2/c1-6-2-3-8(10(11)12)7(4-6)5-9/h1-4H. The highest BCUT2D eigenvalue weighted by Crippen LogP contribution is 2.18. The predicted octanol–water partition coefficient (Wildman–Crippen LogP) is 1.53. The lowest BCUT2D eigenvalue weighted by atomic mass is 10.1. The quantitative estimate of drug-likeness (QED) is 0.462. The van der Waals surface area contributed by atoms with E-state index >= 15 is 0 Å². The molecule has 0 unspecified atom stereocenters. The molecule has 58 valence electrons. The molecule has 1 aromatic rings. The highest BCUT2D eigenvalue weighted by molar-refractivity contribution is 5.50. The molecule has 0 aromatic heterocycles. The van der Waals surface area contributed by atoms with Gasteiger partial charge in [0.15, 0.2) is 0 Å². The van der Waals surface area contributed by atoms with E-state index in [0.717, 1.165) is 0 Å². The highest BCUT2D eigenvalue weighted by atomic mass is 16.6. The van der Waals surface area contributed by atoms with Crippen LogP contribution in [0.15, 0.2) is 18.2 Å². The maximum absolute atomic E-state index is 10.3. The molecule has 0 N–H and O–H groups in total. The molecule has 12 heavy (non-hydrogen) atoms. The molecule has 0 amide bonds. The lowest BCUT2D eigenvalue weighted by molar-refractivity contribution is -0.385. The highest BCUT2D eigenvalue weighted by Gasteiger charge is 2.11. The van der Waals surface area contributed by atoms with Gasteiger partial charge in [-0.05, 0) is 18.6 Å². The molecule has 0 spiro atoms. The number of nitriles is 1. The van der Waals surface area contributed by atoms with Crippen LogP contribution < -0.4 is 0 Å². The summed E-state index contributed by atoms with van der Waals surface area (Å²) in [7, 11) is 0. The predicted molar refractivity (Wildman–Crippen MR) is 41.2 cm³/mol. The number of hydrogen-bond donors (Lipinski definition) is 0. The zero-order valence-electron chi connectivity index (χ0n) is 6.02. The van der Waals surface area contributed by atoms with E-state index < -0.39 is 4.92 Å². The Labute approximate surface area is 69.2 Å². The molecule has 0 aliphatic rings. The third kappa shape index (κ3) is 1.40. The summed E-state index contributed by atoms with van der Waals surface area (Å²) in [5, 5.41) is 18.8. The maximum atomic E-state index is 10.3. The Morgan fingerprint density at radius 3 is 2.75 bits per heavy atom. The van der Waals surface area contributed by atoms with Crippen molar-refractivity contribution in [3.63, 3.8) is 0 Å². The summed E-state index contributed by atoms with van der Waals surface area (Å²) >= 11 is 0. The van der Waals surface area contributed by atoms with Gasteiger partial charge in [0, 0.05) is 6.07 Å². The average Bonchev–Trinajstić information content (AvgIpc) is 2.03. The van der Waals surface area contributed by atoms with Crippen molar-refractivity contribution >= 4 is 5.69 Å². The second kappa shape index (κ2) is 3.01. The molecule has 2 radical (unpaired) electrons. The monoisotopic (exact) mass is 160 g/mol. The van der Waals surface area contributed by atoms with Gasteiger partial charge in [0.05, 0.1) is 4.92 Å². The SMILES string of the molecule is [CH]c1ccc([N+](=O)[O-])c(C#N)c1. The second-order valence-corrected chi connectivity index (χ2v) is 2.15. The Balaban J connectivity index is 3.32. The number of nitrogens with zero attached hydrogens (tertiary/aromatic N) is 2. The molecule has 1 rings (SSSR count). The molecule has 0 aliphatic carbocycles. The first-order valence-corrected chi connectivity index (χ1v) is 3.09. The molecular formula is C8H4N2O2. The van der Waals surface area contributed by atoms with Crippen LogP contribution in [0.3, 0.4) is 0 Å². The van der Waals surface area contributed by atoms with Gasteiger partial charge < -0.3 is 0 Å². The maximum Gasteiger partial charge on any atom is 0.287 e. The van der Waals surface area contributed by atoms with Crippen molar-refractivity contribution in [1.29, 1.82) is 5.26 Å². The smallest absolute Gasteiger partial charge is 0.258 e. The van der Waals surface area contributed by atoms with Crippen LogP contribution in [-0.2, 0) is 0 Å². The Kier molecular flexibility index (Phi) is 2.06. The van der Waals surface area contributed by atoms with Gasteiger partial charge >= 0.3 is 0 Å². The molecule has 1 aromatic carbocycles. The Morgan fingerprint density at radius 1 is 1.58 bits per heavy atom. The molecule has 0 atom stereocenters. The van der Waals surface area contributed by atoms with Crippen molar-refractivity contribution in [3.8, 4) is 6.07 Å². The van der Waals surface area contributed by atoms with Crippen LogP contribution in [0.5, 0.6) is 0 Å².